The molecule has 22 heavy (non-hydrogen) atoms. The van der Waals surface area contributed by atoms with Crippen molar-refractivity contribution in [1.29, 1.82) is 0 Å². The maximum atomic E-state index is 5.48. The highest BCUT2D eigenvalue weighted by molar-refractivity contribution is 7.82. The van der Waals surface area contributed by atoms with Crippen LogP contribution in [-0.4, -0.2) is 17.8 Å². The van der Waals surface area contributed by atoms with E-state index in [2.05, 4.69) is 17.4 Å². The van der Waals surface area contributed by atoms with E-state index in [0.717, 1.165) is 16.4 Å². The van der Waals surface area contributed by atoms with Gasteiger partial charge in [0.05, 0.1) is 12.8 Å². The molecule has 0 saturated heterocycles. The van der Waals surface area contributed by atoms with Gasteiger partial charge in [0.1, 0.15) is 10.7 Å². The number of nitrogens with one attached hydrogen (secondary N) is 1. The standard InChI is InChI=1S/C18H24N2OS/c1-13-17(22)20-18(19-13,14-7-5-3-4-6-8-14)15-9-11-16(21-2)12-10-15/h9-12,14H,3-8H2,1-2H3,(H,20,22). The van der Waals surface area contributed by atoms with Crippen molar-refractivity contribution >= 4 is 22.9 Å². The molecule has 1 N–H and O–H groups in total. The van der Waals surface area contributed by atoms with Crippen LogP contribution in [-0.2, 0) is 5.66 Å². The maximum Gasteiger partial charge on any atom is 0.159 e. The number of methoxy groups -OCH3 is 1. The van der Waals surface area contributed by atoms with Crippen LogP contribution < -0.4 is 10.1 Å². The molecule has 0 spiro atoms. The zero-order chi connectivity index (χ0) is 15.6. The lowest BCUT2D eigenvalue weighted by atomic mass is 9.81. The molecular weight excluding hydrogens is 292 g/mol. The van der Waals surface area contributed by atoms with Crippen molar-refractivity contribution in [1.82, 2.24) is 5.32 Å². The first-order chi connectivity index (χ1) is 10.7. The van der Waals surface area contributed by atoms with E-state index in [1.54, 1.807) is 7.11 Å². The molecule has 118 valence electrons. The van der Waals surface area contributed by atoms with Gasteiger partial charge in [0.2, 0.25) is 0 Å². The van der Waals surface area contributed by atoms with E-state index >= 15 is 0 Å². The Balaban J connectivity index is 2.01. The Kier molecular flexibility index (Phi) is 4.48. The van der Waals surface area contributed by atoms with Gasteiger partial charge in [-0.05, 0) is 31.9 Å². The van der Waals surface area contributed by atoms with E-state index in [4.69, 9.17) is 21.9 Å². The van der Waals surface area contributed by atoms with Crippen LogP contribution in [0.25, 0.3) is 0 Å². The van der Waals surface area contributed by atoms with Crippen molar-refractivity contribution in [2.45, 2.75) is 51.1 Å². The molecule has 3 nitrogen and oxygen atoms in total. The van der Waals surface area contributed by atoms with Gasteiger partial charge in [-0.1, -0.05) is 50.0 Å². The first-order valence-corrected chi connectivity index (χ1v) is 8.60. The molecule has 1 heterocycles. The van der Waals surface area contributed by atoms with E-state index < -0.39 is 0 Å². The number of nitrogens with zero attached hydrogens (tertiary/aromatic N) is 1. The molecule has 4 heteroatoms. The summed E-state index contributed by atoms with van der Waals surface area (Å²) in [6.45, 7) is 2.01. The average Bonchev–Trinajstić information content (AvgIpc) is 2.75. The lowest BCUT2D eigenvalue weighted by molar-refractivity contribution is 0.235. The summed E-state index contributed by atoms with van der Waals surface area (Å²) in [5, 5.41) is 3.56. The molecule has 1 unspecified atom stereocenters. The van der Waals surface area contributed by atoms with E-state index in [9.17, 15) is 0 Å². The Morgan fingerprint density at radius 3 is 2.27 bits per heavy atom. The zero-order valence-electron chi connectivity index (χ0n) is 13.4. The number of ether oxygens (including phenoxy) is 1. The highest BCUT2D eigenvalue weighted by Crippen LogP contribution is 2.42. The molecule has 0 aromatic heterocycles. The number of aliphatic imine (C=N–C) groups is 1. The Hall–Kier alpha value is -1.42. The number of thiocarbonyl (C=S) groups is 1. The fourth-order valence-electron chi connectivity index (χ4n) is 3.71. The van der Waals surface area contributed by atoms with Gasteiger partial charge in [-0.25, -0.2) is 0 Å². The van der Waals surface area contributed by atoms with Gasteiger partial charge < -0.3 is 10.1 Å². The molecule has 0 amide bonds. The smallest absolute Gasteiger partial charge is 0.159 e. The fourth-order valence-corrected chi connectivity index (χ4v) is 3.92. The van der Waals surface area contributed by atoms with Crippen LogP contribution in [0.3, 0.4) is 0 Å². The molecule has 3 rings (SSSR count). The summed E-state index contributed by atoms with van der Waals surface area (Å²) in [7, 11) is 1.70. The summed E-state index contributed by atoms with van der Waals surface area (Å²) in [6.07, 6.45) is 7.65. The quantitative estimate of drug-likeness (QED) is 0.670. The van der Waals surface area contributed by atoms with Crippen molar-refractivity contribution in [3.05, 3.63) is 29.8 Å². The first kappa shape index (κ1) is 15.5. The van der Waals surface area contributed by atoms with Crippen molar-refractivity contribution in [3.63, 3.8) is 0 Å². The van der Waals surface area contributed by atoms with Crippen LogP contribution in [0.15, 0.2) is 29.3 Å². The van der Waals surface area contributed by atoms with E-state index in [0.29, 0.717) is 5.92 Å². The Morgan fingerprint density at radius 1 is 1.14 bits per heavy atom. The second kappa shape index (κ2) is 6.37. The Bertz CT molecular complexity index is 573. The molecule has 1 aliphatic carbocycles. The lowest BCUT2D eigenvalue weighted by Crippen LogP contribution is -2.45. The normalized spacial score (nSPS) is 26.3. The third kappa shape index (κ3) is 2.76. The molecule has 0 radical (unpaired) electrons. The minimum absolute atomic E-state index is 0.377. The van der Waals surface area contributed by atoms with Crippen LogP contribution in [0, 0.1) is 5.92 Å². The molecule has 1 aromatic rings. The van der Waals surface area contributed by atoms with Crippen molar-refractivity contribution in [2.75, 3.05) is 7.11 Å². The Morgan fingerprint density at radius 2 is 1.77 bits per heavy atom. The minimum Gasteiger partial charge on any atom is -0.497 e. The molecule has 2 aliphatic rings. The number of hydrogen-bond donors (Lipinski definition) is 1. The van der Waals surface area contributed by atoms with Crippen LogP contribution in [0.1, 0.15) is 51.0 Å². The largest absolute Gasteiger partial charge is 0.497 e. The SMILES string of the molecule is COc1ccc(C2(C3CCCCCC3)N=C(C)C(=S)N2)cc1. The molecule has 0 bridgehead atoms. The van der Waals surface area contributed by atoms with Crippen LogP contribution in [0.5, 0.6) is 5.75 Å². The topological polar surface area (TPSA) is 33.6 Å². The molecule has 1 fully saturated rings. The summed E-state index contributed by atoms with van der Waals surface area (Å²) < 4.78 is 5.29. The average molecular weight is 316 g/mol. The summed E-state index contributed by atoms with van der Waals surface area (Å²) in [5.74, 6) is 1.37. The molecule has 1 aromatic carbocycles. The van der Waals surface area contributed by atoms with Gasteiger partial charge in [0.25, 0.3) is 0 Å². The predicted molar refractivity (Wildman–Crippen MR) is 94.7 cm³/mol. The fraction of sp³-hybridized carbons (Fsp3) is 0.556. The molecule has 1 atom stereocenters. The van der Waals surface area contributed by atoms with E-state index in [1.807, 2.05) is 19.1 Å². The molecule has 1 saturated carbocycles. The summed E-state index contributed by atoms with van der Waals surface area (Å²) in [5.41, 5.74) is 1.77. The van der Waals surface area contributed by atoms with Crippen molar-refractivity contribution in [3.8, 4) is 5.75 Å². The monoisotopic (exact) mass is 316 g/mol. The third-order valence-corrected chi connectivity index (χ3v) is 5.35. The van der Waals surface area contributed by atoms with Crippen LogP contribution >= 0.6 is 12.2 Å². The molecular formula is C18H24N2OS. The molecule has 1 aliphatic heterocycles. The number of rotatable bonds is 3. The highest BCUT2D eigenvalue weighted by atomic mass is 32.1. The lowest BCUT2D eigenvalue weighted by Gasteiger charge is -2.36. The second-order valence-corrected chi connectivity index (χ2v) is 6.74. The zero-order valence-corrected chi connectivity index (χ0v) is 14.2. The number of benzene rings is 1. The van der Waals surface area contributed by atoms with Crippen molar-refractivity contribution < 1.29 is 4.74 Å². The van der Waals surface area contributed by atoms with Gasteiger partial charge in [-0.2, -0.15) is 0 Å². The predicted octanol–water partition coefficient (Wildman–Crippen LogP) is 4.21. The van der Waals surface area contributed by atoms with E-state index in [1.165, 1.54) is 44.1 Å². The van der Waals surface area contributed by atoms with Gasteiger partial charge in [0, 0.05) is 11.5 Å². The van der Waals surface area contributed by atoms with Gasteiger partial charge in [-0.3, -0.25) is 4.99 Å². The summed E-state index contributed by atoms with van der Waals surface area (Å²) in [4.78, 5) is 5.81. The minimum atomic E-state index is -0.377. The Labute approximate surface area is 138 Å². The van der Waals surface area contributed by atoms with Crippen LogP contribution in [0.2, 0.25) is 0 Å². The number of hydrogen-bond acceptors (Lipinski definition) is 3. The summed E-state index contributed by atoms with van der Waals surface area (Å²) >= 11 is 5.48. The summed E-state index contributed by atoms with van der Waals surface area (Å²) in [6, 6.07) is 8.28. The first-order valence-electron chi connectivity index (χ1n) is 8.19. The van der Waals surface area contributed by atoms with Gasteiger partial charge in [-0.15, -0.1) is 0 Å². The third-order valence-electron chi connectivity index (χ3n) is 4.95. The van der Waals surface area contributed by atoms with Crippen molar-refractivity contribution in [2.24, 2.45) is 10.9 Å². The van der Waals surface area contributed by atoms with Crippen LogP contribution in [0.4, 0.5) is 0 Å². The maximum absolute atomic E-state index is 5.48. The van der Waals surface area contributed by atoms with E-state index in [-0.39, 0.29) is 5.66 Å². The van der Waals surface area contributed by atoms with Gasteiger partial charge >= 0.3 is 0 Å². The van der Waals surface area contributed by atoms with Gasteiger partial charge in [0.15, 0.2) is 5.66 Å². The highest BCUT2D eigenvalue weighted by Gasteiger charge is 2.44. The second-order valence-electron chi connectivity index (χ2n) is 6.33.